The molecule has 0 bridgehead atoms. The molecule has 1 unspecified atom stereocenters. The third-order valence-corrected chi connectivity index (χ3v) is 3.52. The molecule has 1 atom stereocenters. The summed E-state index contributed by atoms with van der Waals surface area (Å²) in [6, 6.07) is -1.91. The Hall–Kier alpha value is -0.460. The zero-order chi connectivity index (χ0) is 16.5. The van der Waals surface area contributed by atoms with Crippen LogP contribution in [0, 0.1) is 5.92 Å². The van der Waals surface area contributed by atoms with Crippen molar-refractivity contribution in [1.29, 1.82) is 0 Å². The van der Waals surface area contributed by atoms with Gasteiger partial charge in [0.15, 0.2) is 5.92 Å². The fraction of sp³-hybridized carbons (Fsp3) is 1.00. The topological polar surface area (TPSA) is 26.0 Å². The van der Waals surface area contributed by atoms with Crippen molar-refractivity contribution in [2.75, 3.05) is 0 Å². The second-order valence-electron chi connectivity index (χ2n) is 5.49. The number of unbranched alkanes of at least 4 members (excludes halogenated alkanes) is 7. The molecule has 0 amide bonds. The quantitative estimate of drug-likeness (QED) is 0.412. The molecule has 0 heterocycles. The Morgan fingerprint density at radius 2 is 1.10 bits per heavy atom. The third-order valence-electron chi connectivity index (χ3n) is 3.52. The van der Waals surface area contributed by atoms with Crippen LogP contribution in [0.25, 0.3) is 0 Å². The molecule has 7 heteroatoms. The summed E-state index contributed by atoms with van der Waals surface area (Å²) in [5.74, 6) is -3.42. The van der Waals surface area contributed by atoms with Crippen molar-refractivity contribution in [3.63, 3.8) is 0 Å². The van der Waals surface area contributed by atoms with Crippen LogP contribution in [0.5, 0.6) is 0 Å². The normalized spacial score (nSPS) is 14.7. The first-order valence-corrected chi connectivity index (χ1v) is 7.49. The van der Waals surface area contributed by atoms with E-state index in [0.29, 0.717) is 12.8 Å². The highest BCUT2D eigenvalue weighted by Gasteiger charge is 2.59. The van der Waals surface area contributed by atoms with Gasteiger partial charge in [0.25, 0.3) is 0 Å². The molecule has 0 aliphatic rings. The van der Waals surface area contributed by atoms with E-state index in [1.165, 1.54) is 0 Å². The van der Waals surface area contributed by atoms with Gasteiger partial charge in [-0.25, -0.2) is 0 Å². The highest BCUT2D eigenvalue weighted by Crippen LogP contribution is 2.41. The molecule has 0 rings (SSSR count). The summed E-state index contributed by atoms with van der Waals surface area (Å²) in [5.41, 5.74) is 5.13. The summed E-state index contributed by atoms with van der Waals surface area (Å²) < 4.78 is 74.5. The largest absolute Gasteiger partial charge is 0.401 e. The monoisotopic (exact) mass is 321 g/mol. The summed E-state index contributed by atoms with van der Waals surface area (Å²) in [6.07, 6.45) is -3.72. The lowest BCUT2D eigenvalue weighted by atomic mass is 9.94. The maximum Gasteiger partial charge on any atom is 0.401 e. The van der Waals surface area contributed by atoms with E-state index in [9.17, 15) is 26.3 Å². The van der Waals surface area contributed by atoms with Crippen molar-refractivity contribution in [3.8, 4) is 0 Å². The van der Waals surface area contributed by atoms with Crippen molar-refractivity contribution >= 4 is 0 Å². The van der Waals surface area contributed by atoms with Crippen LogP contribution in [-0.4, -0.2) is 18.4 Å². The van der Waals surface area contributed by atoms with Gasteiger partial charge in [0, 0.05) is 6.04 Å². The highest BCUT2D eigenvalue weighted by atomic mass is 19.4. The Balaban J connectivity index is 3.98. The Morgan fingerprint density at radius 1 is 0.714 bits per heavy atom. The van der Waals surface area contributed by atoms with Crippen molar-refractivity contribution < 1.29 is 26.3 Å². The lowest BCUT2D eigenvalue weighted by molar-refractivity contribution is -0.289. The van der Waals surface area contributed by atoms with E-state index in [0.717, 1.165) is 38.5 Å². The van der Waals surface area contributed by atoms with E-state index in [2.05, 4.69) is 6.92 Å². The van der Waals surface area contributed by atoms with E-state index in [-0.39, 0.29) is 6.42 Å². The molecule has 0 saturated carbocycles. The van der Waals surface area contributed by atoms with Crippen LogP contribution in [0.4, 0.5) is 26.3 Å². The van der Waals surface area contributed by atoms with Gasteiger partial charge in [-0.2, -0.15) is 26.3 Å². The Bertz CT molecular complexity index is 247. The second-order valence-corrected chi connectivity index (χ2v) is 5.49. The average molecular weight is 321 g/mol. The minimum absolute atomic E-state index is 0.251. The van der Waals surface area contributed by atoms with Gasteiger partial charge < -0.3 is 5.73 Å². The second kappa shape index (κ2) is 9.54. The predicted octanol–water partition coefficient (Wildman–Crippen LogP) is 5.59. The summed E-state index contributed by atoms with van der Waals surface area (Å²) in [5, 5.41) is 0. The summed E-state index contributed by atoms with van der Waals surface area (Å²) in [6.45, 7) is 2.10. The Kier molecular flexibility index (Phi) is 9.33. The summed E-state index contributed by atoms with van der Waals surface area (Å²) in [7, 11) is 0. The Labute approximate surface area is 122 Å². The summed E-state index contributed by atoms with van der Waals surface area (Å²) >= 11 is 0. The van der Waals surface area contributed by atoms with Crippen LogP contribution < -0.4 is 5.73 Å². The lowest BCUT2D eigenvalue weighted by Gasteiger charge is -2.28. The molecule has 0 aliphatic heterocycles. The number of alkyl halides is 6. The molecule has 0 aliphatic carbocycles. The van der Waals surface area contributed by atoms with Gasteiger partial charge in [0.05, 0.1) is 0 Å². The molecular weight excluding hydrogens is 296 g/mol. The molecule has 0 aromatic carbocycles. The van der Waals surface area contributed by atoms with Crippen LogP contribution in [0.2, 0.25) is 0 Å². The maximum absolute atomic E-state index is 12.4. The van der Waals surface area contributed by atoms with Gasteiger partial charge in [-0.05, 0) is 6.42 Å². The minimum Gasteiger partial charge on any atom is -0.327 e. The van der Waals surface area contributed by atoms with E-state index in [1.807, 2.05) is 0 Å². The zero-order valence-corrected chi connectivity index (χ0v) is 12.4. The first-order chi connectivity index (χ1) is 9.60. The number of halogens is 6. The zero-order valence-electron chi connectivity index (χ0n) is 12.4. The summed E-state index contributed by atoms with van der Waals surface area (Å²) in [4.78, 5) is 0. The van der Waals surface area contributed by atoms with Crippen LogP contribution >= 0.6 is 0 Å². The molecule has 0 fully saturated rings. The molecule has 0 saturated heterocycles. The van der Waals surface area contributed by atoms with Crippen molar-refractivity contribution in [2.45, 2.75) is 83.1 Å². The van der Waals surface area contributed by atoms with Gasteiger partial charge in [-0.1, -0.05) is 58.3 Å². The highest BCUT2D eigenvalue weighted by molar-refractivity contribution is 4.84. The number of nitrogens with two attached hydrogens (primary N) is 1. The van der Waals surface area contributed by atoms with Gasteiger partial charge in [0.2, 0.25) is 0 Å². The standard InChI is InChI=1S/C14H25F6N/c1-2-3-4-5-6-7-8-9-10-11(21)12(13(15,16)17)14(18,19)20/h11-12H,2-10,21H2,1H3. The number of hydrogen-bond acceptors (Lipinski definition) is 1. The SMILES string of the molecule is CCCCCCCCCCC(N)C(C(F)(F)F)C(F)(F)F. The van der Waals surface area contributed by atoms with Crippen LogP contribution in [0.15, 0.2) is 0 Å². The number of hydrogen-bond donors (Lipinski definition) is 1. The minimum atomic E-state index is -5.34. The van der Waals surface area contributed by atoms with Gasteiger partial charge >= 0.3 is 12.4 Å². The first-order valence-electron chi connectivity index (χ1n) is 7.49. The third kappa shape index (κ3) is 9.22. The molecule has 21 heavy (non-hydrogen) atoms. The van der Waals surface area contributed by atoms with E-state index < -0.39 is 24.3 Å². The first kappa shape index (κ1) is 20.5. The molecule has 0 aromatic heterocycles. The smallest absolute Gasteiger partial charge is 0.327 e. The molecule has 1 nitrogen and oxygen atoms in total. The van der Waals surface area contributed by atoms with Crippen LogP contribution in [0.1, 0.15) is 64.7 Å². The fourth-order valence-electron chi connectivity index (χ4n) is 2.35. The molecule has 0 aromatic rings. The van der Waals surface area contributed by atoms with Gasteiger partial charge in [-0.15, -0.1) is 0 Å². The van der Waals surface area contributed by atoms with Crippen LogP contribution in [0.3, 0.4) is 0 Å². The average Bonchev–Trinajstić information content (AvgIpc) is 2.28. The van der Waals surface area contributed by atoms with Crippen molar-refractivity contribution in [1.82, 2.24) is 0 Å². The fourth-order valence-corrected chi connectivity index (χ4v) is 2.35. The van der Waals surface area contributed by atoms with Crippen LogP contribution in [-0.2, 0) is 0 Å². The molecule has 2 N–H and O–H groups in total. The van der Waals surface area contributed by atoms with Crippen molar-refractivity contribution in [3.05, 3.63) is 0 Å². The lowest BCUT2D eigenvalue weighted by Crippen LogP contribution is -2.48. The van der Waals surface area contributed by atoms with Crippen molar-refractivity contribution in [2.24, 2.45) is 11.7 Å². The molecular formula is C14H25F6N. The van der Waals surface area contributed by atoms with E-state index in [1.54, 1.807) is 0 Å². The molecule has 128 valence electrons. The number of rotatable bonds is 10. The van der Waals surface area contributed by atoms with Gasteiger partial charge in [-0.3, -0.25) is 0 Å². The van der Waals surface area contributed by atoms with E-state index in [4.69, 9.17) is 5.73 Å². The molecule has 0 spiro atoms. The Morgan fingerprint density at radius 3 is 1.48 bits per heavy atom. The molecule has 0 radical (unpaired) electrons. The van der Waals surface area contributed by atoms with Gasteiger partial charge in [0.1, 0.15) is 0 Å². The predicted molar refractivity (Wildman–Crippen MR) is 70.8 cm³/mol. The maximum atomic E-state index is 12.4. The van der Waals surface area contributed by atoms with E-state index >= 15 is 0 Å².